The number of hydrogen-bond donors (Lipinski definition) is 1. The zero-order valence-electron chi connectivity index (χ0n) is 16.9. The van der Waals surface area contributed by atoms with Gasteiger partial charge in [0.05, 0.1) is 18.1 Å². The predicted molar refractivity (Wildman–Crippen MR) is 116 cm³/mol. The number of rotatable bonds is 1. The van der Waals surface area contributed by atoms with Crippen LogP contribution >= 0.6 is 0 Å². The van der Waals surface area contributed by atoms with Crippen molar-refractivity contribution in [1.82, 2.24) is 14.5 Å². The van der Waals surface area contributed by atoms with E-state index in [9.17, 15) is 13.2 Å². The van der Waals surface area contributed by atoms with Gasteiger partial charge >= 0.3 is 6.01 Å². The number of nitrogens with zero attached hydrogens (tertiary/aromatic N) is 3. The van der Waals surface area contributed by atoms with Crippen LogP contribution in [0.25, 0.3) is 11.3 Å². The number of aromatic nitrogens is 3. The molecule has 0 amide bonds. The Hall–Kier alpha value is -3.40. The van der Waals surface area contributed by atoms with Crippen molar-refractivity contribution < 1.29 is 17.9 Å². The molecule has 0 spiro atoms. The normalized spacial score (nSPS) is 16.0. The lowest BCUT2D eigenvalue weighted by atomic mass is 10.2. The molecule has 10 heteroatoms. The van der Waals surface area contributed by atoms with Gasteiger partial charge in [-0.15, -0.1) is 0 Å². The van der Waals surface area contributed by atoms with E-state index in [4.69, 9.17) is 9.47 Å². The molecule has 0 saturated heterocycles. The first-order valence-corrected chi connectivity index (χ1v) is 11.5. The van der Waals surface area contributed by atoms with Crippen LogP contribution in [0.2, 0.25) is 0 Å². The van der Waals surface area contributed by atoms with E-state index >= 15 is 0 Å². The number of fused-ring (bicyclic) bond motifs is 9. The highest BCUT2D eigenvalue weighted by Crippen LogP contribution is 2.27. The lowest BCUT2D eigenvalue weighted by molar-refractivity contribution is 0.306. The number of nitrogens with one attached hydrogen (secondary N) is 1. The van der Waals surface area contributed by atoms with Crippen LogP contribution < -0.4 is 19.8 Å². The molecule has 3 aromatic rings. The molecule has 31 heavy (non-hydrogen) atoms. The zero-order chi connectivity index (χ0) is 21.8. The van der Waals surface area contributed by atoms with E-state index < -0.39 is 10.0 Å². The van der Waals surface area contributed by atoms with Gasteiger partial charge in [0.15, 0.2) is 0 Å². The van der Waals surface area contributed by atoms with Gasteiger partial charge < -0.3 is 14.0 Å². The molecule has 1 aromatic carbocycles. The van der Waals surface area contributed by atoms with Crippen LogP contribution in [0, 0.1) is 0 Å². The van der Waals surface area contributed by atoms with Crippen molar-refractivity contribution in [3.63, 3.8) is 0 Å². The van der Waals surface area contributed by atoms with E-state index in [2.05, 4.69) is 14.7 Å². The summed E-state index contributed by atoms with van der Waals surface area (Å²) in [6.07, 6.45) is 3.59. The molecule has 0 atom stereocenters. The van der Waals surface area contributed by atoms with E-state index in [0.29, 0.717) is 35.8 Å². The molecule has 0 aliphatic carbocycles. The Labute approximate surface area is 179 Å². The third-order valence-corrected chi connectivity index (χ3v) is 6.05. The SMILES string of the molecule is Cn1cc(-c2cc3nc(n2)Oc2ccc(cc2)OCCCCCS(=O)(=O)N3)ccc1=O. The number of sulfonamides is 1. The van der Waals surface area contributed by atoms with Gasteiger partial charge in [0.25, 0.3) is 0 Å². The first kappa shape index (κ1) is 20.9. The van der Waals surface area contributed by atoms with Crippen molar-refractivity contribution >= 4 is 15.8 Å². The first-order valence-electron chi connectivity index (χ1n) is 9.85. The number of aryl methyl sites for hydroxylation is 1. The highest BCUT2D eigenvalue weighted by atomic mass is 32.2. The Kier molecular flexibility index (Phi) is 5.90. The van der Waals surface area contributed by atoms with Crippen LogP contribution in [0.3, 0.4) is 0 Å². The molecule has 4 heterocycles. The topological polar surface area (TPSA) is 112 Å². The Morgan fingerprint density at radius 3 is 2.55 bits per heavy atom. The number of hydrogen-bond acceptors (Lipinski definition) is 7. The molecule has 0 radical (unpaired) electrons. The minimum absolute atomic E-state index is 0.0233. The minimum atomic E-state index is -3.60. The molecule has 5 rings (SSSR count). The average Bonchev–Trinajstić information content (AvgIpc) is 2.72. The van der Waals surface area contributed by atoms with Gasteiger partial charge in [0.1, 0.15) is 17.3 Å². The molecule has 9 nitrogen and oxygen atoms in total. The Balaban J connectivity index is 1.76. The Morgan fingerprint density at radius 1 is 1.00 bits per heavy atom. The monoisotopic (exact) mass is 442 g/mol. The van der Waals surface area contributed by atoms with Crippen LogP contribution in [-0.4, -0.2) is 35.3 Å². The smallest absolute Gasteiger partial charge is 0.324 e. The summed E-state index contributed by atoms with van der Waals surface area (Å²) in [5.41, 5.74) is 0.867. The summed E-state index contributed by atoms with van der Waals surface area (Å²) in [7, 11) is -1.97. The maximum absolute atomic E-state index is 12.5. The van der Waals surface area contributed by atoms with Crippen molar-refractivity contribution in [3.05, 3.63) is 59.0 Å². The fourth-order valence-electron chi connectivity index (χ4n) is 3.10. The molecule has 1 N–H and O–H groups in total. The van der Waals surface area contributed by atoms with Crippen molar-refractivity contribution in [1.29, 1.82) is 0 Å². The van der Waals surface area contributed by atoms with Crippen LogP contribution in [0.1, 0.15) is 19.3 Å². The summed E-state index contributed by atoms with van der Waals surface area (Å²) in [6, 6.07) is 11.6. The molecule has 0 saturated carbocycles. The van der Waals surface area contributed by atoms with Gasteiger partial charge in [0, 0.05) is 30.9 Å². The molecule has 0 unspecified atom stereocenters. The van der Waals surface area contributed by atoms with Crippen molar-refractivity contribution in [3.8, 4) is 28.8 Å². The van der Waals surface area contributed by atoms with Gasteiger partial charge in [-0.1, -0.05) is 0 Å². The van der Waals surface area contributed by atoms with Crippen molar-refractivity contribution in [2.45, 2.75) is 19.3 Å². The summed E-state index contributed by atoms with van der Waals surface area (Å²) in [5, 5.41) is 0. The van der Waals surface area contributed by atoms with E-state index in [1.54, 1.807) is 43.6 Å². The number of anilines is 1. The number of pyridine rings is 1. The predicted octanol–water partition coefficient (Wildman–Crippen LogP) is 2.94. The second-order valence-corrected chi connectivity index (χ2v) is 9.03. The summed E-state index contributed by atoms with van der Waals surface area (Å²) < 4.78 is 40.4. The molecule has 2 aliphatic rings. The van der Waals surface area contributed by atoms with Gasteiger partial charge in [0.2, 0.25) is 15.6 Å². The number of benzene rings is 1. The quantitative estimate of drug-likeness (QED) is 0.616. The lowest BCUT2D eigenvalue weighted by Gasteiger charge is -2.13. The van der Waals surface area contributed by atoms with E-state index in [0.717, 1.165) is 12.8 Å². The summed E-state index contributed by atoms with van der Waals surface area (Å²) in [4.78, 5) is 20.3. The third kappa shape index (κ3) is 5.40. The first-order chi connectivity index (χ1) is 14.9. The fraction of sp³-hybridized carbons (Fsp3) is 0.286. The Morgan fingerprint density at radius 2 is 1.77 bits per heavy atom. The molecule has 162 valence electrons. The number of ether oxygens (including phenoxy) is 2. The van der Waals surface area contributed by atoms with E-state index in [1.807, 2.05) is 0 Å². The van der Waals surface area contributed by atoms with E-state index in [1.165, 1.54) is 16.7 Å². The molecule has 0 fully saturated rings. The molecule has 4 bridgehead atoms. The Bertz CT molecular complexity index is 1240. The molecule has 2 aliphatic heterocycles. The highest BCUT2D eigenvalue weighted by molar-refractivity contribution is 7.92. The van der Waals surface area contributed by atoms with Crippen LogP contribution in [0.4, 0.5) is 5.82 Å². The highest BCUT2D eigenvalue weighted by Gasteiger charge is 2.16. The zero-order valence-corrected chi connectivity index (χ0v) is 17.8. The van der Waals surface area contributed by atoms with Crippen molar-refractivity contribution in [2.75, 3.05) is 17.1 Å². The van der Waals surface area contributed by atoms with E-state index in [-0.39, 0.29) is 23.1 Å². The van der Waals surface area contributed by atoms with Gasteiger partial charge in [-0.05, 0) is 49.6 Å². The largest absolute Gasteiger partial charge is 0.494 e. The second-order valence-electron chi connectivity index (χ2n) is 7.19. The van der Waals surface area contributed by atoms with Crippen LogP contribution in [0.5, 0.6) is 17.5 Å². The second kappa shape index (κ2) is 8.76. The standard InChI is InChI=1S/C21H22N4O5S/c1-25-14-15(5-10-20(25)26)18-13-19-23-21(22-18)30-17-8-6-16(7-9-17)29-11-3-2-4-12-31(27,28)24-19/h5-10,13-14H,2-4,11-12H2,1H3,(H,22,23,24). The molecular formula is C21H22N4O5S. The average molecular weight is 442 g/mol. The van der Waals surface area contributed by atoms with Crippen LogP contribution in [-0.2, 0) is 17.1 Å². The summed E-state index contributed by atoms with van der Waals surface area (Å²) in [5.74, 6) is 1.25. The van der Waals surface area contributed by atoms with Gasteiger partial charge in [-0.2, -0.15) is 9.97 Å². The maximum Gasteiger partial charge on any atom is 0.324 e. The van der Waals surface area contributed by atoms with Gasteiger partial charge in [-0.25, -0.2) is 8.42 Å². The summed E-state index contributed by atoms with van der Waals surface area (Å²) >= 11 is 0. The summed E-state index contributed by atoms with van der Waals surface area (Å²) in [6.45, 7) is 0.513. The lowest BCUT2D eigenvalue weighted by Crippen LogP contribution is -2.18. The van der Waals surface area contributed by atoms with Crippen LogP contribution in [0.15, 0.2) is 53.5 Å². The van der Waals surface area contributed by atoms with Crippen molar-refractivity contribution in [2.24, 2.45) is 7.05 Å². The van der Waals surface area contributed by atoms with Gasteiger partial charge in [-0.3, -0.25) is 9.52 Å². The fourth-order valence-corrected chi connectivity index (χ4v) is 4.21. The third-order valence-electron chi connectivity index (χ3n) is 4.71. The minimum Gasteiger partial charge on any atom is -0.494 e. The molecular weight excluding hydrogens is 420 g/mol. The maximum atomic E-state index is 12.5. The molecule has 2 aromatic heterocycles.